The quantitative estimate of drug-likeness (QED) is 0.120. The maximum absolute atomic E-state index is 5.65. The maximum atomic E-state index is 5.65. The Morgan fingerprint density at radius 3 is 0.676 bits per heavy atom. The molecule has 0 saturated heterocycles. The van der Waals surface area contributed by atoms with E-state index in [0.717, 1.165) is 0 Å². The summed E-state index contributed by atoms with van der Waals surface area (Å²) in [5.41, 5.74) is 2.65. The number of ether oxygens (including phenoxy) is 8. The van der Waals surface area contributed by atoms with E-state index >= 15 is 0 Å². The summed E-state index contributed by atoms with van der Waals surface area (Å²) in [6.07, 6.45) is 0. The fraction of sp³-hybridized carbons (Fsp3) is 1.00. The summed E-state index contributed by atoms with van der Waals surface area (Å²) in [5.74, 6) is -0.0697. The van der Waals surface area contributed by atoms with Crippen molar-refractivity contribution >= 4 is 46.2 Å². The van der Waals surface area contributed by atoms with Gasteiger partial charge in [0.05, 0.1) is 46.2 Å². The van der Waals surface area contributed by atoms with Crippen molar-refractivity contribution in [1.82, 2.24) is 0 Å². The molecule has 0 rings (SSSR count). The highest BCUT2D eigenvalue weighted by molar-refractivity contribution is 6.83. The highest BCUT2D eigenvalue weighted by atomic mass is 28.3. The lowest BCUT2D eigenvalue weighted by molar-refractivity contribution is -0.0447. The molecule has 0 saturated carbocycles. The van der Waals surface area contributed by atoms with Crippen molar-refractivity contribution in [2.75, 3.05) is 56.9 Å². The third-order valence-electron chi connectivity index (χ3n) is 7.61. The van der Waals surface area contributed by atoms with Crippen LogP contribution in [0.2, 0.25) is 46.3 Å². The average Bonchev–Trinajstić information content (AvgIpc) is 2.86. The predicted molar refractivity (Wildman–Crippen MR) is 168 cm³/mol. The Hall–Kier alpha value is 0.764. The van der Waals surface area contributed by atoms with Crippen LogP contribution >= 0.6 is 0 Å². The minimum Gasteiger partial charge on any atom is -0.360 e. The summed E-state index contributed by atoms with van der Waals surface area (Å²) in [5, 5.41) is 0. The maximum Gasteiger partial charge on any atom is 0.134 e. The van der Waals surface area contributed by atoms with Gasteiger partial charge in [-0.3, -0.25) is 0 Å². The summed E-state index contributed by atoms with van der Waals surface area (Å²) in [6.45, 7) is 9.77. The predicted octanol–water partition coefficient (Wildman–Crippen LogP) is 1.65. The second-order valence-corrected chi connectivity index (χ2v) is 26.0. The lowest BCUT2D eigenvalue weighted by Gasteiger charge is -2.41. The monoisotopic (exact) mass is 616 g/mol. The molecule has 4 atom stereocenters. The zero-order chi connectivity index (χ0) is 28.4. The van der Waals surface area contributed by atoms with Crippen molar-refractivity contribution in [1.29, 1.82) is 0 Å². The Bertz CT molecular complexity index is 444. The molecule has 0 aromatic carbocycles. The first-order valence-electron chi connectivity index (χ1n) is 13.8. The van der Waals surface area contributed by atoms with Gasteiger partial charge in [0.1, 0.15) is 23.7 Å². The molecule has 0 radical (unpaired) electrons. The molecule has 0 aliphatic carbocycles. The highest BCUT2D eigenvalue weighted by Gasteiger charge is 2.40. The van der Waals surface area contributed by atoms with Gasteiger partial charge in [0.25, 0.3) is 0 Å². The van der Waals surface area contributed by atoms with Crippen LogP contribution in [0, 0.1) is 0 Å². The van der Waals surface area contributed by atoms with E-state index in [9.17, 15) is 0 Å². The van der Waals surface area contributed by atoms with E-state index in [-0.39, 0.29) is 23.7 Å². The molecule has 0 aromatic rings. The van der Waals surface area contributed by atoms with E-state index in [2.05, 4.69) is 27.7 Å². The standard InChI is InChI=1S/C24H60O8Si5/c1-17(33-21(25-5)26-6)13-37(14-18(2)34-22(27-7)28-8,15-19(3)35-23(29-9)30-10)16-20(4)36-24(31-11)32-12/h17-24H,13-16,33-36H2,1-12H3. The number of hydrogen-bond donors (Lipinski definition) is 0. The van der Waals surface area contributed by atoms with Crippen molar-refractivity contribution in [2.45, 2.75) is 97.7 Å². The van der Waals surface area contributed by atoms with Gasteiger partial charge in [-0.25, -0.2) is 0 Å². The van der Waals surface area contributed by atoms with Crippen LogP contribution in [0.3, 0.4) is 0 Å². The van der Waals surface area contributed by atoms with Gasteiger partial charge >= 0.3 is 0 Å². The normalized spacial score (nSPS) is 18.8. The zero-order valence-electron chi connectivity index (χ0n) is 26.0. The Morgan fingerprint density at radius 1 is 0.378 bits per heavy atom. The second-order valence-electron chi connectivity index (χ2n) is 11.3. The van der Waals surface area contributed by atoms with Crippen molar-refractivity contribution in [3.05, 3.63) is 0 Å². The van der Waals surface area contributed by atoms with E-state index in [1.54, 1.807) is 56.9 Å². The fourth-order valence-corrected chi connectivity index (χ4v) is 27.4. The first kappa shape index (κ1) is 37.8. The molecule has 0 aliphatic heterocycles. The van der Waals surface area contributed by atoms with Crippen LogP contribution < -0.4 is 0 Å². The van der Waals surface area contributed by atoms with Crippen LogP contribution in [0.15, 0.2) is 0 Å². The van der Waals surface area contributed by atoms with Gasteiger partial charge in [0.2, 0.25) is 0 Å². The van der Waals surface area contributed by atoms with Crippen molar-refractivity contribution in [3.63, 3.8) is 0 Å². The summed E-state index contributed by atoms with van der Waals surface area (Å²) in [7, 11) is 10.3. The minimum atomic E-state index is -1.72. The summed E-state index contributed by atoms with van der Waals surface area (Å²) < 4.78 is 45.2. The molecule has 8 nitrogen and oxygen atoms in total. The molecule has 0 N–H and O–H groups in total. The SMILES string of the molecule is COC(OC)[SiH2]C(C)C[Si](CC(C)[SiH2]C(OC)OC)(CC(C)[SiH2]C(OC)OC)CC(C)[SiH2]C(OC)OC. The molecule has 0 heterocycles. The topological polar surface area (TPSA) is 73.8 Å². The molecule has 13 heteroatoms. The van der Waals surface area contributed by atoms with Gasteiger partial charge in [-0.1, -0.05) is 74.0 Å². The van der Waals surface area contributed by atoms with Gasteiger partial charge < -0.3 is 37.9 Å². The Labute approximate surface area is 238 Å². The Morgan fingerprint density at radius 2 is 0.541 bits per heavy atom. The summed E-state index contributed by atoms with van der Waals surface area (Å²) >= 11 is 0. The van der Waals surface area contributed by atoms with Crippen LogP contribution in [-0.4, -0.2) is 127 Å². The lowest BCUT2D eigenvalue weighted by atomic mass is 10.5. The Kier molecular flexibility index (Phi) is 21.9. The van der Waals surface area contributed by atoms with Crippen LogP contribution in [0.5, 0.6) is 0 Å². The van der Waals surface area contributed by atoms with Crippen LogP contribution in [0.25, 0.3) is 0 Å². The molecule has 224 valence electrons. The lowest BCUT2D eigenvalue weighted by Crippen LogP contribution is -2.43. The van der Waals surface area contributed by atoms with Crippen LogP contribution in [0.4, 0.5) is 0 Å². The van der Waals surface area contributed by atoms with Gasteiger partial charge in [-0.05, 0) is 0 Å². The first-order valence-corrected chi connectivity index (χ1v) is 23.1. The van der Waals surface area contributed by atoms with Gasteiger partial charge in [0.15, 0.2) is 0 Å². The molecule has 0 fully saturated rings. The van der Waals surface area contributed by atoms with Crippen molar-refractivity contribution in [3.8, 4) is 0 Å². The zero-order valence-corrected chi connectivity index (χ0v) is 32.7. The molecule has 0 aliphatic rings. The van der Waals surface area contributed by atoms with Gasteiger partial charge in [-0.2, -0.15) is 0 Å². The number of rotatable bonds is 24. The molecule has 37 heavy (non-hydrogen) atoms. The number of hydrogen-bond acceptors (Lipinski definition) is 8. The molecule has 4 unspecified atom stereocenters. The highest BCUT2D eigenvalue weighted by Crippen LogP contribution is 2.43. The van der Waals surface area contributed by atoms with Gasteiger partial charge in [-0.15, -0.1) is 0 Å². The molecule has 0 aromatic heterocycles. The summed E-state index contributed by atoms with van der Waals surface area (Å²) in [6, 6.07) is 5.33. The smallest absolute Gasteiger partial charge is 0.134 e. The van der Waals surface area contributed by atoms with Crippen LogP contribution in [-0.2, 0) is 37.9 Å². The van der Waals surface area contributed by atoms with E-state index in [0.29, 0.717) is 22.2 Å². The molecular weight excluding hydrogens is 557 g/mol. The number of methoxy groups -OCH3 is 8. The molecule has 0 amide bonds. The minimum absolute atomic E-state index is 0.0174. The van der Waals surface area contributed by atoms with Crippen molar-refractivity contribution in [2.24, 2.45) is 0 Å². The first-order chi connectivity index (χ1) is 17.5. The van der Waals surface area contributed by atoms with E-state index < -0.39 is 46.2 Å². The van der Waals surface area contributed by atoms with Crippen LogP contribution in [0.1, 0.15) is 27.7 Å². The van der Waals surface area contributed by atoms with Crippen molar-refractivity contribution < 1.29 is 37.9 Å². The Balaban J connectivity index is 6.14. The molecule has 0 spiro atoms. The second kappa shape index (κ2) is 21.5. The third kappa shape index (κ3) is 16.0. The summed E-state index contributed by atoms with van der Waals surface area (Å²) in [4.78, 5) is 0. The van der Waals surface area contributed by atoms with Gasteiger partial charge in [0, 0.05) is 56.9 Å². The van der Waals surface area contributed by atoms with E-state index in [1.165, 1.54) is 24.2 Å². The van der Waals surface area contributed by atoms with E-state index in [4.69, 9.17) is 37.9 Å². The third-order valence-corrected chi connectivity index (χ3v) is 24.7. The average molecular weight is 617 g/mol. The fourth-order valence-electron chi connectivity index (χ4n) is 6.26. The van der Waals surface area contributed by atoms with E-state index in [1.807, 2.05) is 0 Å². The molecule has 0 bridgehead atoms. The molecular formula is C24H60O8Si5. The largest absolute Gasteiger partial charge is 0.360 e.